The predicted octanol–water partition coefficient (Wildman–Crippen LogP) is -1.80. The monoisotopic (exact) mass is 147 g/mol. The van der Waals surface area contributed by atoms with E-state index >= 15 is 0 Å². The first kappa shape index (κ1) is 6.73. The molecule has 0 aromatic heterocycles. The molecule has 5 heteroatoms. The van der Waals surface area contributed by atoms with Crippen molar-refractivity contribution in [2.75, 3.05) is 19.6 Å². The minimum Gasteiger partial charge on any atom is -0.309 e. The third-order valence-corrected chi connectivity index (χ3v) is 1.70. The predicted molar refractivity (Wildman–Crippen MR) is 33.8 cm³/mol. The second-order valence-electron chi connectivity index (χ2n) is 1.69. The quantitative estimate of drug-likeness (QED) is 0.411. The first-order chi connectivity index (χ1) is 4.30. The van der Waals surface area contributed by atoms with Crippen molar-refractivity contribution in [3.05, 3.63) is 0 Å². The summed E-state index contributed by atoms with van der Waals surface area (Å²) >= 11 is 0. The molecule has 0 bridgehead atoms. The second-order valence-corrected chi connectivity index (χ2v) is 2.63. The number of hydrogen-bond donors (Lipinski definition) is 1. The zero-order valence-electron chi connectivity index (χ0n) is 4.79. The minimum atomic E-state index is -2.11. The van der Waals surface area contributed by atoms with Gasteiger partial charge in [-0.3, -0.25) is 0 Å². The molecule has 0 aromatic rings. The van der Waals surface area contributed by atoms with Crippen LogP contribution in [0.1, 0.15) is 0 Å². The van der Waals surface area contributed by atoms with E-state index in [0.29, 0.717) is 13.1 Å². The van der Waals surface area contributed by atoms with Gasteiger partial charge >= 0.3 is 0 Å². The van der Waals surface area contributed by atoms with Crippen molar-refractivity contribution < 1.29 is 8.42 Å². The molecule has 0 aromatic carbocycles. The van der Waals surface area contributed by atoms with Gasteiger partial charge in [0.2, 0.25) is 10.3 Å². The fourth-order valence-corrected chi connectivity index (χ4v) is 1.04. The zero-order chi connectivity index (χ0) is 6.69. The molecular weight excluding hydrogens is 140 g/mol. The molecule has 0 unspecified atom stereocenters. The third-order valence-electron chi connectivity index (χ3n) is 1.05. The fraction of sp³-hybridized carbons (Fsp3) is 0.750. The van der Waals surface area contributed by atoms with E-state index < -0.39 is 10.3 Å². The van der Waals surface area contributed by atoms with E-state index in [9.17, 15) is 8.42 Å². The van der Waals surface area contributed by atoms with Gasteiger partial charge in [0.05, 0.1) is 0 Å². The average molecular weight is 147 g/mol. The Morgan fingerprint density at radius 1 is 1.56 bits per heavy atom. The van der Waals surface area contributed by atoms with E-state index in [1.54, 1.807) is 0 Å². The van der Waals surface area contributed by atoms with Crippen molar-refractivity contribution in [1.82, 2.24) is 10.6 Å². The van der Waals surface area contributed by atoms with Crippen molar-refractivity contribution in [3.8, 4) is 0 Å². The van der Waals surface area contributed by atoms with Crippen LogP contribution in [-0.4, -0.2) is 33.0 Å². The first-order valence-corrected chi connectivity index (χ1v) is 3.71. The van der Waals surface area contributed by atoms with Crippen molar-refractivity contribution in [3.63, 3.8) is 0 Å². The van der Waals surface area contributed by atoms with Crippen LogP contribution in [0, 0.1) is 0 Å². The van der Waals surface area contributed by atoms with Crippen LogP contribution in [0.25, 0.3) is 0 Å². The van der Waals surface area contributed by atoms with Gasteiger partial charge in [-0.25, -0.2) is 0 Å². The molecular formula is C4H7N2O2S. The van der Waals surface area contributed by atoms with Crippen molar-refractivity contribution >= 4 is 15.3 Å². The highest BCUT2D eigenvalue weighted by molar-refractivity contribution is 7.72. The van der Waals surface area contributed by atoms with Crippen LogP contribution in [0.3, 0.4) is 0 Å². The first-order valence-electron chi connectivity index (χ1n) is 2.64. The Hall–Kier alpha value is -0.390. The standard InChI is InChI=1S/C4H7N2O2S/c7-9(8)4-3-5-1-2-6-4/h5H,1-3H2. The molecule has 0 saturated carbocycles. The van der Waals surface area contributed by atoms with Gasteiger partial charge in [0, 0.05) is 19.6 Å². The van der Waals surface area contributed by atoms with Gasteiger partial charge in [0.1, 0.15) is 4.99 Å². The average Bonchev–Trinajstić information content (AvgIpc) is 1.90. The lowest BCUT2D eigenvalue weighted by molar-refractivity contribution is 0.621. The Kier molecular flexibility index (Phi) is 2.21. The topological polar surface area (TPSA) is 60.3 Å². The van der Waals surface area contributed by atoms with E-state index in [2.05, 4.69) is 10.6 Å². The van der Waals surface area contributed by atoms with Crippen LogP contribution >= 0.6 is 0 Å². The summed E-state index contributed by atoms with van der Waals surface area (Å²) in [5.41, 5.74) is 0. The zero-order valence-corrected chi connectivity index (χ0v) is 5.61. The van der Waals surface area contributed by atoms with Crippen LogP contribution < -0.4 is 10.6 Å². The molecule has 1 heterocycles. The van der Waals surface area contributed by atoms with Gasteiger partial charge in [-0.1, -0.05) is 0 Å². The largest absolute Gasteiger partial charge is 0.309 e. The van der Waals surface area contributed by atoms with Crippen molar-refractivity contribution in [2.45, 2.75) is 0 Å². The summed E-state index contributed by atoms with van der Waals surface area (Å²) in [5.74, 6) is 0. The van der Waals surface area contributed by atoms with E-state index in [1.807, 2.05) is 0 Å². The Morgan fingerprint density at radius 2 is 2.33 bits per heavy atom. The molecule has 1 rings (SSSR count). The van der Waals surface area contributed by atoms with Gasteiger partial charge < -0.3 is 5.32 Å². The summed E-state index contributed by atoms with van der Waals surface area (Å²) < 4.78 is 20.4. The molecule has 1 N–H and O–H groups in total. The highest BCUT2D eigenvalue weighted by atomic mass is 32.2. The Labute approximate surface area is 54.8 Å². The van der Waals surface area contributed by atoms with Gasteiger partial charge in [0.25, 0.3) is 0 Å². The molecule has 0 atom stereocenters. The van der Waals surface area contributed by atoms with E-state index in [1.165, 1.54) is 0 Å². The number of hydrogen-bond acceptors (Lipinski definition) is 3. The Bertz CT molecular complexity index is 203. The second kappa shape index (κ2) is 2.95. The number of rotatable bonds is 0. The van der Waals surface area contributed by atoms with E-state index in [4.69, 9.17) is 0 Å². The van der Waals surface area contributed by atoms with Crippen molar-refractivity contribution in [2.24, 2.45) is 0 Å². The highest BCUT2D eigenvalue weighted by Gasteiger charge is 2.06. The summed E-state index contributed by atoms with van der Waals surface area (Å²) in [5, 5.41) is 6.66. The van der Waals surface area contributed by atoms with Crippen LogP contribution in [0.2, 0.25) is 0 Å². The third kappa shape index (κ3) is 1.78. The van der Waals surface area contributed by atoms with Gasteiger partial charge in [-0.05, 0) is 0 Å². The SMILES string of the molecule is O=S(=O)=C1CNCC[N]1. The maximum Gasteiger partial charge on any atom is 0.231 e. The van der Waals surface area contributed by atoms with Crippen LogP contribution in [0.5, 0.6) is 0 Å². The lowest BCUT2D eigenvalue weighted by atomic mass is 10.4. The molecule has 0 amide bonds. The Morgan fingerprint density at radius 3 is 2.67 bits per heavy atom. The lowest BCUT2D eigenvalue weighted by Crippen LogP contribution is -2.40. The molecule has 4 nitrogen and oxygen atoms in total. The van der Waals surface area contributed by atoms with Crippen LogP contribution in [0.15, 0.2) is 0 Å². The maximum atomic E-state index is 10.2. The molecule has 1 aliphatic heterocycles. The number of piperazine rings is 1. The maximum absolute atomic E-state index is 10.2. The van der Waals surface area contributed by atoms with Gasteiger partial charge in [-0.15, -0.1) is 0 Å². The molecule has 1 fully saturated rings. The number of nitrogens with one attached hydrogen (secondary N) is 1. The summed E-state index contributed by atoms with van der Waals surface area (Å²) in [6, 6.07) is 0. The van der Waals surface area contributed by atoms with Crippen molar-refractivity contribution in [1.29, 1.82) is 0 Å². The van der Waals surface area contributed by atoms with Gasteiger partial charge in [-0.2, -0.15) is 13.7 Å². The molecule has 9 heavy (non-hydrogen) atoms. The molecule has 0 aliphatic carbocycles. The van der Waals surface area contributed by atoms with Crippen LogP contribution in [0.4, 0.5) is 0 Å². The van der Waals surface area contributed by atoms with E-state index in [0.717, 1.165) is 6.54 Å². The number of nitrogens with zero attached hydrogens (tertiary/aromatic N) is 1. The normalized spacial score (nSPS) is 19.8. The molecule has 1 aliphatic rings. The van der Waals surface area contributed by atoms with Crippen LogP contribution in [-0.2, 0) is 10.3 Å². The van der Waals surface area contributed by atoms with E-state index in [-0.39, 0.29) is 4.99 Å². The lowest BCUT2D eigenvalue weighted by Gasteiger charge is -2.10. The summed E-state index contributed by atoms with van der Waals surface area (Å²) in [6.45, 7) is 1.74. The molecule has 1 saturated heterocycles. The fourth-order valence-electron chi connectivity index (χ4n) is 0.623. The highest BCUT2D eigenvalue weighted by Crippen LogP contribution is 1.75. The summed E-state index contributed by atoms with van der Waals surface area (Å²) in [4.78, 5) is 0.237. The van der Waals surface area contributed by atoms with Gasteiger partial charge in [0.15, 0.2) is 0 Å². The summed E-state index contributed by atoms with van der Waals surface area (Å²) in [7, 11) is -2.11. The smallest absolute Gasteiger partial charge is 0.231 e. The molecule has 1 radical (unpaired) electrons. The molecule has 0 spiro atoms. The Balaban J connectivity index is 2.72. The minimum absolute atomic E-state index is 0.237. The summed E-state index contributed by atoms with van der Waals surface area (Å²) in [6.07, 6.45) is 0. The molecule has 51 valence electrons.